The van der Waals surface area contributed by atoms with Gasteiger partial charge in [0.2, 0.25) is 0 Å². The predicted octanol–water partition coefficient (Wildman–Crippen LogP) is 1.50. The van der Waals surface area contributed by atoms with Crippen molar-refractivity contribution in [3.8, 4) is 0 Å². The molecule has 0 fully saturated rings. The minimum Gasteiger partial charge on any atom is -0.105 e. The van der Waals surface area contributed by atoms with Crippen LogP contribution >= 0.6 is 9.24 Å². The fraction of sp³-hybridized carbons (Fsp3) is 0.538. The van der Waals surface area contributed by atoms with Gasteiger partial charge in [0.15, 0.2) is 0 Å². The maximum atomic E-state index is 2.97. The molecule has 0 saturated heterocycles. The summed E-state index contributed by atoms with van der Waals surface area (Å²) in [5, 5.41) is 4.90. The molecule has 1 rings (SSSR count). The van der Waals surface area contributed by atoms with Gasteiger partial charge in [0.25, 0.3) is 0 Å². The molecule has 0 aliphatic carbocycles. The first kappa shape index (κ1) is 14.1. The zero-order valence-electron chi connectivity index (χ0n) is 11.7. The molecular formula is C13H25PSi2. The molecule has 0 radical (unpaired) electrons. The first-order valence-corrected chi connectivity index (χ1v) is 12.5. The van der Waals surface area contributed by atoms with E-state index in [1.54, 1.807) is 27.1 Å². The zero-order chi connectivity index (χ0) is 12.6. The van der Waals surface area contributed by atoms with Gasteiger partial charge in [0, 0.05) is 0 Å². The molecule has 16 heavy (non-hydrogen) atoms. The predicted molar refractivity (Wildman–Crippen MR) is 87.0 cm³/mol. The van der Waals surface area contributed by atoms with E-state index in [0.717, 1.165) is 0 Å². The fourth-order valence-corrected chi connectivity index (χ4v) is 7.91. The molecule has 0 saturated carbocycles. The third-order valence-corrected chi connectivity index (χ3v) is 8.49. The highest BCUT2D eigenvalue weighted by Gasteiger charge is 2.18. The Morgan fingerprint density at radius 3 is 1.25 bits per heavy atom. The molecule has 0 spiro atoms. The molecule has 1 aromatic carbocycles. The van der Waals surface area contributed by atoms with Crippen LogP contribution in [0.25, 0.3) is 0 Å². The van der Waals surface area contributed by atoms with Gasteiger partial charge >= 0.3 is 0 Å². The second kappa shape index (κ2) is 5.16. The van der Waals surface area contributed by atoms with Gasteiger partial charge in [0.1, 0.15) is 0 Å². The summed E-state index contributed by atoms with van der Waals surface area (Å²) in [6.45, 7) is 16.7. The van der Waals surface area contributed by atoms with Crippen LogP contribution in [-0.2, 0) is 0 Å². The normalized spacial score (nSPS) is 11.6. The Labute approximate surface area is 106 Å². The fourth-order valence-electron chi connectivity index (χ4n) is 3.01. The lowest BCUT2D eigenvalue weighted by Crippen LogP contribution is -2.43. The number of hydrogen-bond acceptors (Lipinski definition) is 0. The van der Waals surface area contributed by atoms with E-state index >= 15 is 0 Å². The van der Waals surface area contributed by atoms with Gasteiger partial charge < -0.3 is 0 Å². The van der Waals surface area contributed by atoms with Gasteiger partial charge in [-0.3, -0.25) is 0 Å². The number of hydrogen-bond donors (Lipinski definition) is 0. The average molecular weight is 268 g/mol. The van der Waals surface area contributed by atoms with Gasteiger partial charge in [-0.05, 0) is 37.2 Å². The van der Waals surface area contributed by atoms with E-state index in [-0.39, 0.29) is 0 Å². The van der Waals surface area contributed by atoms with Crippen LogP contribution in [0.5, 0.6) is 0 Å². The molecule has 1 unspecified atom stereocenters. The quantitative estimate of drug-likeness (QED) is 0.563. The van der Waals surface area contributed by atoms with Crippen LogP contribution in [0.15, 0.2) is 0 Å². The summed E-state index contributed by atoms with van der Waals surface area (Å²) < 4.78 is 0. The van der Waals surface area contributed by atoms with E-state index in [1.165, 1.54) is 5.30 Å². The minimum atomic E-state index is -0.717. The maximum absolute atomic E-state index is 2.97. The highest BCUT2D eigenvalue weighted by atomic mass is 31.0. The highest BCUT2D eigenvalue weighted by Crippen LogP contribution is 2.08. The standard InChI is InChI=1S/C13H25PSi2/c1-8-11(14)9(2)13(16(6)7)10(3)12(8)15(4)5/h15-16H,14H2,1-7H3. The van der Waals surface area contributed by atoms with Gasteiger partial charge in [-0.2, -0.15) is 0 Å². The first-order chi connectivity index (χ1) is 7.29. The Balaban J connectivity index is 3.66. The smallest absolute Gasteiger partial charge is 0.0654 e. The van der Waals surface area contributed by atoms with Crippen molar-refractivity contribution in [1.29, 1.82) is 0 Å². The molecular weight excluding hydrogens is 243 g/mol. The Morgan fingerprint density at radius 2 is 1.00 bits per heavy atom. The summed E-state index contributed by atoms with van der Waals surface area (Å²) in [6.07, 6.45) is 0. The van der Waals surface area contributed by atoms with Gasteiger partial charge in [-0.25, -0.2) is 0 Å². The molecule has 0 heterocycles. The molecule has 0 aliphatic heterocycles. The highest BCUT2D eigenvalue weighted by molar-refractivity contribution is 7.28. The lowest BCUT2D eigenvalue weighted by atomic mass is 10.1. The van der Waals surface area contributed by atoms with Crippen LogP contribution in [0.2, 0.25) is 26.2 Å². The van der Waals surface area contributed by atoms with Gasteiger partial charge in [-0.1, -0.05) is 42.1 Å². The maximum Gasteiger partial charge on any atom is 0.0654 e. The summed E-state index contributed by atoms with van der Waals surface area (Å²) in [7, 11) is 1.54. The molecule has 1 aromatic rings. The number of benzene rings is 1. The number of rotatable bonds is 2. The molecule has 0 amide bonds. The summed E-state index contributed by atoms with van der Waals surface area (Å²) in [5.41, 5.74) is 4.71. The topological polar surface area (TPSA) is 0 Å². The third-order valence-electron chi connectivity index (χ3n) is 3.58. The van der Waals surface area contributed by atoms with E-state index in [9.17, 15) is 0 Å². The largest absolute Gasteiger partial charge is 0.105 e. The summed E-state index contributed by atoms with van der Waals surface area (Å²) in [4.78, 5) is 0. The Morgan fingerprint density at radius 1 is 0.688 bits per heavy atom. The molecule has 0 bridgehead atoms. The van der Waals surface area contributed by atoms with E-state index in [0.29, 0.717) is 0 Å². The summed E-state index contributed by atoms with van der Waals surface area (Å²) in [6, 6.07) is 0. The first-order valence-electron chi connectivity index (χ1n) is 6.18. The van der Waals surface area contributed by atoms with Crippen molar-refractivity contribution in [2.24, 2.45) is 0 Å². The monoisotopic (exact) mass is 268 g/mol. The Hall–Kier alpha value is 0.0838. The van der Waals surface area contributed by atoms with Gasteiger partial charge in [-0.15, -0.1) is 9.24 Å². The van der Waals surface area contributed by atoms with Crippen molar-refractivity contribution >= 4 is 42.5 Å². The van der Waals surface area contributed by atoms with Crippen molar-refractivity contribution in [2.75, 3.05) is 0 Å². The van der Waals surface area contributed by atoms with Crippen molar-refractivity contribution in [2.45, 2.75) is 47.0 Å². The third kappa shape index (κ3) is 2.34. The molecule has 1 atom stereocenters. The van der Waals surface area contributed by atoms with Crippen molar-refractivity contribution in [3.63, 3.8) is 0 Å². The van der Waals surface area contributed by atoms with Crippen LogP contribution < -0.4 is 15.7 Å². The van der Waals surface area contributed by atoms with E-state index in [2.05, 4.69) is 56.2 Å². The van der Waals surface area contributed by atoms with Crippen LogP contribution in [0.4, 0.5) is 0 Å². The van der Waals surface area contributed by atoms with Crippen LogP contribution in [0, 0.1) is 20.8 Å². The van der Waals surface area contributed by atoms with Crippen molar-refractivity contribution in [3.05, 3.63) is 16.7 Å². The lowest BCUT2D eigenvalue weighted by molar-refractivity contribution is 1.41. The second-order valence-corrected chi connectivity index (χ2v) is 11.8. The van der Waals surface area contributed by atoms with Crippen molar-refractivity contribution < 1.29 is 0 Å². The zero-order valence-corrected chi connectivity index (χ0v) is 15.2. The summed E-state index contributed by atoms with van der Waals surface area (Å²) >= 11 is 0. The van der Waals surface area contributed by atoms with E-state index < -0.39 is 17.6 Å². The minimum absolute atomic E-state index is 0.717. The van der Waals surface area contributed by atoms with Crippen molar-refractivity contribution in [1.82, 2.24) is 0 Å². The molecule has 0 N–H and O–H groups in total. The van der Waals surface area contributed by atoms with Gasteiger partial charge in [0.05, 0.1) is 17.6 Å². The molecule has 0 nitrogen and oxygen atoms in total. The van der Waals surface area contributed by atoms with Crippen LogP contribution in [0.3, 0.4) is 0 Å². The van der Waals surface area contributed by atoms with Crippen LogP contribution in [0.1, 0.15) is 16.7 Å². The van der Waals surface area contributed by atoms with E-state index in [4.69, 9.17) is 0 Å². The average Bonchev–Trinajstić information content (AvgIpc) is 2.13. The summed E-state index contributed by atoms with van der Waals surface area (Å²) in [5.74, 6) is 0. The molecule has 90 valence electrons. The van der Waals surface area contributed by atoms with E-state index in [1.807, 2.05) is 0 Å². The Kier molecular flexibility index (Phi) is 4.56. The molecule has 0 aromatic heterocycles. The second-order valence-electron chi connectivity index (χ2n) is 5.43. The Bertz CT molecular complexity index is 374. The lowest BCUT2D eigenvalue weighted by Gasteiger charge is -2.24. The molecule has 0 aliphatic rings. The SMILES string of the molecule is Cc1c(P)c(C)c([SiH](C)C)c(C)c1[SiH](C)C. The van der Waals surface area contributed by atoms with Crippen LogP contribution in [-0.4, -0.2) is 17.6 Å². The molecule has 3 heteroatoms.